The molecule has 9 heteroatoms. The summed E-state index contributed by atoms with van der Waals surface area (Å²) in [5.74, 6) is 2.18. The highest BCUT2D eigenvalue weighted by atomic mass is 35.5. The Morgan fingerprint density at radius 2 is 1.93 bits per heavy atom. The van der Waals surface area contributed by atoms with E-state index in [0.29, 0.717) is 48.2 Å². The predicted molar refractivity (Wildman–Crippen MR) is 113 cm³/mol. The average Bonchev–Trinajstić information content (AvgIpc) is 3.44. The van der Waals surface area contributed by atoms with Crippen molar-refractivity contribution in [2.24, 2.45) is 0 Å². The molecule has 0 amide bonds. The highest BCUT2D eigenvalue weighted by Crippen LogP contribution is 2.35. The van der Waals surface area contributed by atoms with Gasteiger partial charge in [-0.3, -0.25) is 4.79 Å². The molecule has 5 rings (SSSR count). The Morgan fingerprint density at radius 3 is 2.62 bits per heavy atom. The van der Waals surface area contributed by atoms with E-state index in [0.717, 1.165) is 5.56 Å². The van der Waals surface area contributed by atoms with E-state index in [4.69, 9.17) is 32.0 Å². The third-order valence-corrected chi connectivity index (χ3v) is 5.98. The second-order valence-corrected chi connectivity index (χ2v) is 8.06. The van der Waals surface area contributed by atoms with Crippen LogP contribution in [0.2, 0.25) is 10.0 Å². The second kappa shape index (κ2) is 6.88. The van der Waals surface area contributed by atoms with Crippen molar-refractivity contribution in [1.29, 1.82) is 0 Å². The Labute approximate surface area is 177 Å². The van der Waals surface area contributed by atoms with Gasteiger partial charge in [-0.05, 0) is 37.3 Å². The lowest BCUT2D eigenvalue weighted by Gasteiger charge is -2.02. The first-order valence-corrected chi connectivity index (χ1v) is 10.1. The van der Waals surface area contributed by atoms with Crippen LogP contribution in [0.1, 0.15) is 11.5 Å². The van der Waals surface area contributed by atoms with Gasteiger partial charge in [-0.25, -0.2) is 0 Å². The van der Waals surface area contributed by atoms with Gasteiger partial charge >= 0.3 is 0 Å². The number of nitrogens with zero attached hydrogens (tertiary/aromatic N) is 3. The molecule has 0 unspecified atom stereocenters. The van der Waals surface area contributed by atoms with Gasteiger partial charge < -0.3 is 8.83 Å². The molecule has 0 saturated heterocycles. The van der Waals surface area contributed by atoms with Crippen molar-refractivity contribution in [3.8, 4) is 22.7 Å². The number of aromatic nitrogens is 3. The highest BCUT2D eigenvalue weighted by molar-refractivity contribution is 7.15. The Morgan fingerprint density at radius 1 is 1.14 bits per heavy atom. The average molecular weight is 444 g/mol. The molecule has 4 aromatic heterocycles. The minimum Gasteiger partial charge on any atom is -0.469 e. The largest absolute Gasteiger partial charge is 0.469 e. The summed E-state index contributed by atoms with van der Waals surface area (Å²) in [6, 6.07) is 10.5. The van der Waals surface area contributed by atoms with Gasteiger partial charge in [0.2, 0.25) is 4.96 Å². The van der Waals surface area contributed by atoms with Gasteiger partial charge in [0.25, 0.3) is 5.56 Å². The van der Waals surface area contributed by atoms with E-state index in [2.05, 4.69) is 10.1 Å². The van der Waals surface area contributed by atoms with Crippen molar-refractivity contribution in [3.05, 3.63) is 79.1 Å². The Balaban J connectivity index is 1.56. The maximum Gasteiger partial charge on any atom is 0.291 e. The minimum absolute atomic E-state index is 0.265. The van der Waals surface area contributed by atoms with Gasteiger partial charge in [0.05, 0.1) is 27.4 Å². The fourth-order valence-electron chi connectivity index (χ4n) is 2.99. The molecule has 0 aliphatic carbocycles. The van der Waals surface area contributed by atoms with Crippen LogP contribution < -0.4 is 10.1 Å². The number of fused-ring (bicyclic) bond motifs is 1. The minimum atomic E-state index is -0.265. The zero-order valence-electron chi connectivity index (χ0n) is 14.8. The summed E-state index contributed by atoms with van der Waals surface area (Å²) in [6.45, 7) is 1.82. The van der Waals surface area contributed by atoms with Crippen LogP contribution in [-0.4, -0.2) is 14.6 Å². The van der Waals surface area contributed by atoms with Crippen molar-refractivity contribution in [2.75, 3.05) is 0 Å². The van der Waals surface area contributed by atoms with E-state index in [1.54, 1.807) is 48.7 Å². The Kier molecular flexibility index (Phi) is 4.31. The van der Waals surface area contributed by atoms with Gasteiger partial charge in [-0.2, -0.15) is 9.50 Å². The van der Waals surface area contributed by atoms with Crippen LogP contribution in [0.5, 0.6) is 0 Å². The van der Waals surface area contributed by atoms with Crippen LogP contribution >= 0.6 is 34.5 Å². The third kappa shape index (κ3) is 3.07. The normalized spacial score (nSPS) is 12.3. The van der Waals surface area contributed by atoms with Crippen molar-refractivity contribution in [2.45, 2.75) is 6.92 Å². The van der Waals surface area contributed by atoms with Crippen molar-refractivity contribution in [3.63, 3.8) is 0 Å². The first kappa shape index (κ1) is 18.2. The summed E-state index contributed by atoms with van der Waals surface area (Å²) in [4.78, 5) is 17.7. The third-order valence-electron chi connectivity index (χ3n) is 4.39. The molecule has 0 radical (unpaired) electrons. The quantitative estimate of drug-likeness (QED) is 0.399. The molecular formula is C20H11Cl2N3O3S. The summed E-state index contributed by atoms with van der Waals surface area (Å²) in [6.07, 6.45) is 3.22. The van der Waals surface area contributed by atoms with Gasteiger partial charge in [-0.15, -0.1) is 5.10 Å². The fourth-order valence-corrected chi connectivity index (χ4v) is 4.46. The van der Waals surface area contributed by atoms with Gasteiger partial charge in [-0.1, -0.05) is 40.6 Å². The molecule has 0 N–H and O–H groups in total. The molecule has 0 spiro atoms. The second-order valence-electron chi connectivity index (χ2n) is 6.23. The first-order chi connectivity index (χ1) is 14.0. The van der Waals surface area contributed by atoms with E-state index in [1.807, 2.05) is 6.92 Å². The standard InChI is InChI=1S/C20H11Cl2N3O3S/c1-10-12(7-8-27-10)18-23-20-25(24-18)19(26)16(29-20)9-11-5-6-15(28-11)17-13(21)3-2-4-14(17)22/h2-9H,1H3/b16-9-. The zero-order chi connectivity index (χ0) is 20.1. The molecule has 0 aliphatic rings. The molecule has 6 nitrogen and oxygen atoms in total. The zero-order valence-corrected chi connectivity index (χ0v) is 17.2. The molecule has 0 bridgehead atoms. The molecule has 29 heavy (non-hydrogen) atoms. The molecular weight excluding hydrogens is 433 g/mol. The van der Waals surface area contributed by atoms with Crippen molar-refractivity contribution < 1.29 is 8.83 Å². The van der Waals surface area contributed by atoms with Gasteiger partial charge in [0.15, 0.2) is 5.82 Å². The fraction of sp³-hybridized carbons (Fsp3) is 0.0500. The first-order valence-electron chi connectivity index (χ1n) is 8.51. The molecule has 1 aromatic carbocycles. The molecule has 144 valence electrons. The summed E-state index contributed by atoms with van der Waals surface area (Å²) in [7, 11) is 0. The monoisotopic (exact) mass is 443 g/mol. The maximum atomic E-state index is 12.7. The number of hydrogen-bond acceptors (Lipinski definition) is 6. The lowest BCUT2D eigenvalue weighted by atomic mass is 10.2. The lowest BCUT2D eigenvalue weighted by molar-refractivity contribution is 0.535. The highest BCUT2D eigenvalue weighted by Gasteiger charge is 2.16. The predicted octanol–water partition coefficient (Wildman–Crippen LogP) is 4.83. The molecule has 0 aliphatic heterocycles. The topological polar surface area (TPSA) is 73.5 Å². The molecule has 4 heterocycles. The van der Waals surface area contributed by atoms with Crippen LogP contribution in [-0.2, 0) is 0 Å². The van der Waals surface area contributed by atoms with E-state index >= 15 is 0 Å². The molecule has 0 saturated carbocycles. The number of furan rings is 2. The van der Waals surface area contributed by atoms with Gasteiger partial charge in [0.1, 0.15) is 21.8 Å². The van der Waals surface area contributed by atoms with Crippen molar-refractivity contribution in [1.82, 2.24) is 14.6 Å². The SMILES string of the molecule is Cc1occc1-c1nc2s/c(=C\c3ccc(-c4c(Cl)cccc4Cl)o3)c(=O)n2n1. The summed E-state index contributed by atoms with van der Waals surface area (Å²) in [5.41, 5.74) is 1.11. The van der Waals surface area contributed by atoms with E-state index < -0.39 is 0 Å². The summed E-state index contributed by atoms with van der Waals surface area (Å²) >= 11 is 13.7. The van der Waals surface area contributed by atoms with E-state index in [-0.39, 0.29) is 5.56 Å². The molecule has 5 aromatic rings. The van der Waals surface area contributed by atoms with Crippen LogP contribution in [0, 0.1) is 6.92 Å². The number of thiazole rings is 1. The number of rotatable bonds is 3. The Bertz CT molecular complexity index is 1460. The summed E-state index contributed by atoms with van der Waals surface area (Å²) in [5, 5.41) is 5.29. The Hall–Kier alpha value is -2.87. The van der Waals surface area contributed by atoms with E-state index in [9.17, 15) is 4.79 Å². The number of benzene rings is 1. The van der Waals surface area contributed by atoms with Crippen LogP contribution in [0.3, 0.4) is 0 Å². The van der Waals surface area contributed by atoms with Crippen LogP contribution in [0.4, 0.5) is 0 Å². The molecule has 0 atom stereocenters. The smallest absolute Gasteiger partial charge is 0.291 e. The number of halogens is 2. The summed E-state index contributed by atoms with van der Waals surface area (Å²) < 4.78 is 12.9. The lowest BCUT2D eigenvalue weighted by Crippen LogP contribution is -2.23. The number of hydrogen-bond donors (Lipinski definition) is 0. The molecule has 0 fully saturated rings. The maximum absolute atomic E-state index is 12.7. The van der Waals surface area contributed by atoms with Crippen LogP contribution in [0.15, 0.2) is 56.3 Å². The van der Waals surface area contributed by atoms with Crippen LogP contribution in [0.25, 0.3) is 33.7 Å². The number of aryl methyl sites for hydroxylation is 1. The van der Waals surface area contributed by atoms with Crippen molar-refractivity contribution >= 4 is 45.6 Å². The van der Waals surface area contributed by atoms with Gasteiger partial charge in [0, 0.05) is 6.08 Å². The van der Waals surface area contributed by atoms with E-state index in [1.165, 1.54) is 15.9 Å².